The quantitative estimate of drug-likeness (QED) is 0.856. The molecule has 3 rings (SSSR count). The summed E-state index contributed by atoms with van der Waals surface area (Å²) in [6, 6.07) is 12.3. The van der Waals surface area contributed by atoms with Crippen molar-refractivity contribution in [2.45, 2.75) is 25.3 Å². The van der Waals surface area contributed by atoms with Gasteiger partial charge in [-0.1, -0.05) is 12.1 Å². The zero-order valence-electron chi connectivity index (χ0n) is 14.2. The van der Waals surface area contributed by atoms with Crippen LogP contribution in [0.3, 0.4) is 0 Å². The number of hydrogen-bond acceptors (Lipinski definition) is 5. The molecule has 2 heterocycles. The van der Waals surface area contributed by atoms with Crippen molar-refractivity contribution in [3.63, 3.8) is 0 Å². The number of amides is 1. The van der Waals surface area contributed by atoms with E-state index >= 15 is 0 Å². The number of anilines is 1. The first-order chi connectivity index (χ1) is 12.2. The maximum atomic E-state index is 12.2. The Morgan fingerprint density at radius 2 is 2.36 bits per heavy atom. The first kappa shape index (κ1) is 17.5. The molecule has 2 aromatic rings. The fourth-order valence-electron chi connectivity index (χ4n) is 3.25. The van der Waals surface area contributed by atoms with Crippen LogP contribution < -0.4 is 10.1 Å². The lowest BCUT2D eigenvalue weighted by Crippen LogP contribution is -2.27. The maximum absolute atomic E-state index is 12.2. The standard InChI is InChI=1S/C19H21N3O2S/c1-24-16-5-2-4-14(12-16)17-6-3-9-22(17)10-7-18(23)21-19-15(13-20)8-11-25-19/h2,4-5,8,11-12,17H,3,6-7,9-10H2,1H3,(H,21,23). The number of likely N-dealkylation sites (tertiary alicyclic amines) is 1. The van der Waals surface area contributed by atoms with E-state index in [-0.39, 0.29) is 5.91 Å². The number of nitriles is 1. The van der Waals surface area contributed by atoms with E-state index in [9.17, 15) is 4.79 Å². The van der Waals surface area contributed by atoms with Gasteiger partial charge in [-0.05, 0) is 48.5 Å². The van der Waals surface area contributed by atoms with Gasteiger partial charge in [0.25, 0.3) is 0 Å². The van der Waals surface area contributed by atoms with Gasteiger partial charge in [-0.3, -0.25) is 9.69 Å². The SMILES string of the molecule is COc1cccc(C2CCCN2CCC(=O)Nc2sccc2C#N)c1. The lowest BCUT2D eigenvalue weighted by Gasteiger charge is -2.24. The predicted octanol–water partition coefficient (Wildman–Crippen LogP) is 3.79. The van der Waals surface area contributed by atoms with Gasteiger partial charge in [0.2, 0.25) is 5.91 Å². The lowest BCUT2D eigenvalue weighted by molar-refractivity contribution is -0.116. The topological polar surface area (TPSA) is 65.4 Å². The van der Waals surface area contributed by atoms with Crippen molar-refractivity contribution in [1.82, 2.24) is 4.90 Å². The number of benzene rings is 1. The summed E-state index contributed by atoms with van der Waals surface area (Å²) < 4.78 is 5.32. The molecule has 1 unspecified atom stereocenters. The Balaban J connectivity index is 1.58. The Labute approximate surface area is 151 Å². The Morgan fingerprint density at radius 1 is 1.48 bits per heavy atom. The van der Waals surface area contributed by atoms with Crippen LogP contribution in [-0.4, -0.2) is 31.0 Å². The van der Waals surface area contributed by atoms with Gasteiger partial charge >= 0.3 is 0 Å². The molecule has 5 nitrogen and oxygen atoms in total. The van der Waals surface area contributed by atoms with Crippen LogP contribution in [0.1, 0.15) is 36.4 Å². The molecule has 0 spiro atoms. The number of hydrogen-bond donors (Lipinski definition) is 1. The smallest absolute Gasteiger partial charge is 0.226 e. The van der Waals surface area contributed by atoms with Gasteiger partial charge in [0.1, 0.15) is 16.8 Å². The zero-order valence-corrected chi connectivity index (χ0v) is 15.0. The minimum atomic E-state index is -0.0461. The van der Waals surface area contributed by atoms with Crippen molar-refractivity contribution < 1.29 is 9.53 Å². The Kier molecular flexibility index (Phi) is 5.69. The van der Waals surface area contributed by atoms with Gasteiger partial charge < -0.3 is 10.1 Å². The number of nitrogens with zero attached hydrogens (tertiary/aromatic N) is 2. The Hall–Kier alpha value is -2.36. The number of carbonyl (C=O) groups excluding carboxylic acids is 1. The van der Waals surface area contributed by atoms with Crippen molar-refractivity contribution in [3.05, 3.63) is 46.8 Å². The van der Waals surface area contributed by atoms with Crippen LogP contribution in [-0.2, 0) is 4.79 Å². The van der Waals surface area contributed by atoms with Crippen LogP contribution in [0.4, 0.5) is 5.00 Å². The minimum Gasteiger partial charge on any atom is -0.497 e. The summed E-state index contributed by atoms with van der Waals surface area (Å²) in [5.41, 5.74) is 1.76. The van der Waals surface area contributed by atoms with E-state index in [1.807, 2.05) is 17.5 Å². The molecule has 1 aromatic carbocycles. The normalized spacial score (nSPS) is 17.2. The zero-order chi connectivity index (χ0) is 17.6. The second-order valence-corrected chi connectivity index (χ2v) is 6.96. The third kappa shape index (κ3) is 4.19. The van der Waals surface area contributed by atoms with Crippen LogP contribution in [0.2, 0.25) is 0 Å². The third-order valence-electron chi connectivity index (χ3n) is 4.51. The van der Waals surface area contributed by atoms with Crippen LogP contribution in [0.25, 0.3) is 0 Å². The molecule has 6 heteroatoms. The summed E-state index contributed by atoms with van der Waals surface area (Å²) in [5, 5.41) is 14.3. The highest BCUT2D eigenvalue weighted by Crippen LogP contribution is 2.33. The number of methoxy groups -OCH3 is 1. The molecule has 1 aliphatic rings. The van der Waals surface area contributed by atoms with Crippen LogP contribution in [0, 0.1) is 11.3 Å². The molecule has 1 aliphatic heterocycles. The molecule has 1 saturated heterocycles. The molecule has 1 aromatic heterocycles. The molecular formula is C19H21N3O2S. The number of carbonyl (C=O) groups is 1. The molecule has 130 valence electrons. The van der Waals surface area contributed by atoms with Crippen LogP contribution >= 0.6 is 11.3 Å². The summed E-state index contributed by atoms with van der Waals surface area (Å²) in [4.78, 5) is 14.6. The van der Waals surface area contributed by atoms with E-state index < -0.39 is 0 Å². The van der Waals surface area contributed by atoms with Gasteiger partial charge in [0, 0.05) is 19.0 Å². The number of ether oxygens (including phenoxy) is 1. The molecule has 0 bridgehead atoms. The minimum absolute atomic E-state index is 0.0461. The van der Waals surface area contributed by atoms with Crippen LogP contribution in [0.15, 0.2) is 35.7 Å². The molecule has 1 N–H and O–H groups in total. The van der Waals surface area contributed by atoms with Crippen molar-refractivity contribution in [2.24, 2.45) is 0 Å². The van der Waals surface area contributed by atoms with Gasteiger partial charge in [0.05, 0.1) is 12.7 Å². The molecule has 1 fully saturated rings. The second-order valence-electron chi connectivity index (χ2n) is 6.04. The summed E-state index contributed by atoms with van der Waals surface area (Å²) in [5.74, 6) is 0.819. The summed E-state index contributed by atoms with van der Waals surface area (Å²) in [6.45, 7) is 1.71. The maximum Gasteiger partial charge on any atom is 0.226 e. The monoisotopic (exact) mass is 355 g/mol. The van der Waals surface area contributed by atoms with E-state index in [1.54, 1.807) is 13.2 Å². The Bertz CT molecular complexity index is 781. The van der Waals surface area contributed by atoms with Crippen molar-refractivity contribution in [2.75, 3.05) is 25.5 Å². The van der Waals surface area contributed by atoms with Crippen molar-refractivity contribution in [3.8, 4) is 11.8 Å². The third-order valence-corrected chi connectivity index (χ3v) is 5.34. The van der Waals surface area contributed by atoms with E-state index in [2.05, 4.69) is 28.4 Å². The predicted molar refractivity (Wildman–Crippen MR) is 98.8 cm³/mol. The van der Waals surface area contributed by atoms with Crippen molar-refractivity contribution >= 4 is 22.2 Å². The van der Waals surface area contributed by atoms with E-state index in [0.717, 1.165) is 25.1 Å². The first-order valence-corrected chi connectivity index (χ1v) is 9.24. The van der Waals surface area contributed by atoms with Gasteiger partial charge in [0.15, 0.2) is 0 Å². The number of thiophene rings is 1. The second kappa shape index (κ2) is 8.15. The molecule has 0 aliphatic carbocycles. The lowest BCUT2D eigenvalue weighted by atomic mass is 10.0. The molecule has 1 atom stereocenters. The summed E-state index contributed by atoms with van der Waals surface area (Å²) in [6.07, 6.45) is 2.65. The molecular weight excluding hydrogens is 334 g/mol. The highest BCUT2D eigenvalue weighted by atomic mass is 32.1. The van der Waals surface area contributed by atoms with Crippen LogP contribution in [0.5, 0.6) is 5.75 Å². The van der Waals surface area contributed by atoms with Gasteiger partial charge in [-0.25, -0.2) is 0 Å². The number of rotatable bonds is 6. The number of nitrogens with one attached hydrogen (secondary N) is 1. The molecule has 0 radical (unpaired) electrons. The highest BCUT2D eigenvalue weighted by Gasteiger charge is 2.26. The summed E-state index contributed by atoms with van der Waals surface area (Å²) >= 11 is 1.38. The molecule has 25 heavy (non-hydrogen) atoms. The largest absolute Gasteiger partial charge is 0.497 e. The van der Waals surface area contributed by atoms with E-state index in [0.29, 0.717) is 29.6 Å². The molecule has 1 amide bonds. The Morgan fingerprint density at radius 3 is 3.16 bits per heavy atom. The summed E-state index contributed by atoms with van der Waals surface area (Å²) in [7, 11) is 1.68. The first-order valence-electron chi connectivity index (χ1n) is 8.36. The van der Waals surface area contributed by atoms with Crippen molar-refractivity contribution in [1.29, 1.82) is 5.26 Å². The molecule has 0 saturated carbocycles. The van der Waals surface area contributed by atoms with Gasteiger partial charge in [-0.2, -0.15) is 5.26 Å². The van der Waals surface area contributed by atoms with Gasteiger partial charge in [-0.15, -0.1) is 11.3 Å². The average Bonchev–Trinajstić information content (AvgIpc) is 3.28. The average molecular weight is 355 g/mol. The fraction of sp³-hybridized carbons (Fsp3) is 0.368. The fourth-order valence-corrected chi connectivity index (χ4v) is 4.00. The highest BCUT2D eigenvalue weighted by molar-refractivity contribution is 7.14. The van der Waals surface area contributed by atoms with E-state index in [1.165, 1.54) is 16.9 Å². The van der Waals surface area contributed by atoms with E-state index in [4.69, 9.17) is 10.00 Å².